The van der Waals surface area contributed by atoms with Crippen molar-refractivity contribution in [1.29, 1.82) is 0 Å². The Bertz CT molecular complexity index is 754. The van der Waals surface area contributed by atoms with E-state index in [1.54, 1.807) is 29.2 Å². The molecule has 0 radical (unpaired) electrons. The number of morpholine rings is 1. The fraction of sp³-hybridized carbons (Fsp3) is 0.263. The van der Waals surface area contributed by atoms with Crippen molar-refractivity contribution >= 4 is 28.9 Å². The van der Waals surface area contributed by atoms with Gasteiger partial charge in [-0.3, -0.25) is 9.59 Å². The predicted molar refractivity (Wildman–Crippen MR) is 98.3 cm³/mol. The van der Waals surface area contributed by atoms with Gasteiger partial charge in [0.05, 0.1) is 6.61 Å². The van der Waals surface area contributed by atoms with Crippen LogP contribution in [0.5, 0.6) is 0 Å². The summed E-state index contributed by atoms with van der Waals surface area (Å²) >= 11 is 0. The second-order valence-corrected chi connectivity index (χ2v) is 6.04. The molecule has 0 saturated carbocycles. The quantitative estimate of drug-likeness (QED) is 0.929. The van der Waals surface area contributed by atoms with Gasteiger partial charge in [0.1, 0.15) is 6.61 Å². The molecule has 2 amide bonds. The number of amides is 2. The topological polar surface area (TPSA) is 61.9 Å². The normalized spacial score (nSPS) is 14.3. The molecule has 2 aromatic carbocycles. The molecule has 1 saturated heterocycles. The van der Waals surface area contributed by atoms with Gasteiger partial charge < -0.3 is 19.9 Å². The van der Waals surface area contributed by atoms with Crippen molar-refractivity contribution in [3.63, 3.8) is 0 Å². The van der Waals surface area contributed by atoms with Crippen molar-refractivity contribution in [3.8, 4) is 0 Å². The number of hydrogen-bond acceptors (Lipinski definition) is 4. The molecule has 0 aromatic heterocycles. The molecule has 0 spiro atoms. The molecule has 0 aliphatic carbocycles. The minimum Gasteiger partial charge on any atom is -0.378 e. The number of nitrogens with zero attached hydrogens (tertiary/aromatic N) is 2. The highest BCUT2D eigenvalue weighted by molar-refractivity contribution is 6.04. The summed E-state index contributed by atoms with van der Waals surface area (Å²) < 4.78 is 5.13. The average molecular weight is 339 g/mol. The summed E-state index contributed by atoms with van der Waals surface area (Å²) in [5, 5.41) is 2.87. The third-order valence-electron chi connectivity index (χ3n) is 4.07. The first-order chi connectivity index (χ1) is 12.0. The molecule has 1 N–H and O–H groups in total. The Labute approximate surface area is 147 Å². The number of ether oxygens (including phenoxy) is 1. The molecule has 6 heteroatoms. The molecule has 2 aromatic rings. The molecule has 0 unspecified atom stereocenters. The van der Waals surface area contributed by atoms with Crippen LogP contribution in [0.25, 0.3) is 0 Å². The molecule has 0 atom stereocenters. The highest BCUT2D eigenvalue weighted by atomic mass is 16.5. The van der Waals surface area contributed by atoms with Crippen LogP contribution in [-0.4, -0.2) is 45.7 Å². The van der Waals surface area contributed by atoms with Gasteiger partial charge in [-0.05, 0) is 48.5 Å². The lowest BCUT2D eigenvalue weighted by Crippen LogP contribution is -2.41. The second-order valence-electron chi connectivity index (χ2n) is 6.04. The maximum atomic E-state index is 12.3. The van der Waals surface area contributed by atoms with Crippen LogP contribution >= 0.6 is 0 Å². The summed E-state index contributed by atoms with van der Waals surface area (Å²) in [5.74, 6) is -0.218. The number of carbonyl (C=O) groups excluding carboxylic acids is 2. The van der Waals surface area contributed by atoms with E-state index in [1.807, 2.05) is 43.3 Å². The number of rotatable bonds is 4. The fourth-order valence-electron chi connectivity index (χ4n) is 2.63. The molecular formula is C19H21N3O3. The summed E-state index contributed by atoms with van der Waals surface area (Å²) in [5.41, 5.74) is 3.13. The molecule has 1 heterocycles. The van der Waals surface area contributed by atoms with Crippen molar-refractivity contribution in [2.45, 2.75) is 0 Å². The maximum Gasteiger partial charge on any atom is 0.255 e. The first-order valence-corrected chi connectivity index (χ1v) is 8.11. The molecule has 130 valence electrons. The zero-order valence-corrected chi connectivity index (χ0v) is 14.4. The lowest BCUT2D eigenvalue weighted by molar-refractivity contribution is -0.125. The van der Waals surface area contributed by atoms with Crippen LogP contribution in [0.4, 0.5) is 17.1 Å². The van der Waals surface area contributed by atoms with E-state index in [0.717, 1.165) is 11.4 Å². The summed E-state index contributed by atoms with van der Waals surface area (Å²) in [6, 6.07) is 14.7. The van der Waals surface area contributed by atoms with Gasteiger partial charge in [0.25, 0.3) is 11.8 Å². The SMILES string of the molecule is CN(C)c1ccc(C(=O)Nc2ccc(N3CCOCC3=O)cc2)cc1. The average Bonchev–Trinajstić information content (AvgIpc) is 2.63. The van der Waals surface area contributed by atoms with Gasteiger partial charge in [-0.1, -0.05) is 0 Å². The van der Waals surface area contributed by atoms with E-state index in [2.05, 4.69) is 5.32 Å². The van der Waals surface area contributed by atoms with Crippen LogP contribution in [0.3, 0.4) is 0 Å². The lowest BCUT2D eigenvalue weighted by atomic mass is 10.1. The Hall–Kier alpha value is -2.86. The van der Waals surface area contributed by atoms with Crippen LogP contribution in [-0.2, 0) is 9.53 Å². The molecule has 1 aliphatic heterocycles. The van der Waals surface area contributed by atoms with Crippen molar-refractivity contribution in [1.82, 2.24) is 0 Å². The van der Waals surface area contributed by atoms with E-state index in [4.69, 9.17) is 4.74 Å². The number of anilines is 3. The molecule has 6 nitrogen and oxygen atoms in total. The minimum atomic E-state index is -0.166. The van der Waals surface area contributed by atoms with Gasteiger partial charge >= 0.3 is 0 Å². The Morgan fingerprint density at radius 2 is 1.76 bits per heavy atom. The zero-order valence-electron chi connectivity index (χ0n) is 14.4. The maximum absolute atomic E-state index is 12.3. The Morgan fingerprint density at radius 1 is 1.08 bits per heavy atom. The van der Waals surface area contributed by atoms with Crippen molar-refractivity contribution < 1.29 is 14.3 Å². The third-order valence-corrected chi connectivity index (χ3v) is 4.07. The monoisotopic (exact) mass is 339 g/mol. The van der Waals surface area contributed by atoms with Crippen LogP contribution < -0.4 is 15.1 Å². The predicted octanol–water partition coefficient (Wildman–Crippen LogP) is 2.37. The standard InChI is InChI=1S/C19H21N3O3/c1-21(2)16-7-3-14(4-8-16)19(24)20-15-5-9-17(10-6-15)22-11-12-25-13-18(22)23/h3-10H,11-13H2,1-2H3,(H,20,24). The number of nitrogens with one attached hydrogen (secondary N) is 1. The van der Waals surface area contributed by atoms with Gasteiger partial charge in [0.15, 0.2) is 0 Å². The van der Waals surface area contributed by atoms with Crippen molar-refractivity contribution in [3.05, 3.63) is 54.1 Å². The summed E-state index contributed by atoms with van der Waals surface area (Å²) in [4.78, 5) is 27.8. The van der Waals surface area contributed by atoms with Gasteiger partial charge in [-0.25, -0.2) is 0 Å². The van der Waals surface area contributed by atoms with E-state index >= 15 is 0 Å². The number of hydrogen-bond donors (Lipinski definition) is 1. The molecular weight excluding hydrogens is 318 g/mol. The molecule has 1 aliphatic rings. The Balaban J connectivity index is 1.66. The summed E-state index contributed by atoms with van der Waals surface area (Å²) in [7, 11) is 3.91. The highest BCUT2D eigenvalue weighted by Gasteiger charge is 2.20. The van der Waals surface area contributed by atoms with Crippen LogP contribution in [0.1, 0.15) is 10.4 Å². The number of carbonyl (C=O) groups is 2. The Morgan fingerprint density at radius 3 is 2.36 bits per heavy atom. The smallest absolute Gasteiger partial charge is 0.255 e. The molecule has 0 bridgehead atoms. The van der Waals surface area contributed by atoms with E-state index in [-0.39, 0.29) is 18.4 Å². The Kier molecular flexibility index (Phi) is 5.00. The van der Waals surface area contributed by atoms with Gasteiger partial charge in [0, 0.05) is 43.3 Å². The van der Waals surface area contributed by atoms with Crippen LogP contribution in [0.2, 0.25) is 0 Å². The van der Waals surface area contributed by atoms with Crippen LogP contribution in [0, 0.1) is 0 Å². The van der Waals surface area contributed by atoms with Crippen molar-refractivity contribution in [2.75, 3.05) is 49.0 Å². The largest absolute Gasteiger partial charge is 0.378 e. The lowest BCUT2D eigenvalue weighted by Gasteiger charge is -2.26. The van der Waals surface area contributed by atoms with Gasteiger partial charge in [-0.15, -0.1) is 0 Å². The first kappa shape index (κ1) is 17.0. The molecule has 3 rings (SSSR count). The van der Waals surface area contributed by atoms with E-state index in [1.165, 1.54) is 0 Å². The second kappa shape index (κ2) is 7.36. The minimum absolute atomic E-state index is 0.0518. The molecule has 25 heavy (non-hydrogen) atoms. The number of benzene rings is 2. The summed E-state index contributed by atoms with van der Waals surface area (Å²) in [6.07, 6.45) is 0. The highest BCUT2D eigenvalue weighted by Crippen LogP contribution is 2.20. The summed E-state index contributed by atoms with van der Waals surface area (Å²) in [6.45, 7) is 1.19. The van der Waals surface area contributed by atoms with Crippen molar-refractivity contribution in [2.24, 2.45) is 0 Å². The third kappa shape index (κ3) is 3.97. The zero-order chi connectivity index (χ0) is 17.8. The fourth-order valence-corrected chi connectivity index (χ4v) is 2.63. The van der Waals surface area contributed by atoms with Crippen LogP contribution in [0.15, 0.2) is 48.5 Å². The first-order valence-electron chi connectivity index (χ1n) is 8.11. The van der Waals surface area contributed by atoms with E-state index < -0.39 is 0 Å². The van der Waals surface area contributed by atoms with Gasteiger partial charge in [-0.2, -0.15) is 0 Å². The molecule has 1 fully saturated rings. The van der Waals surface area contributed by atoms with Gasteiger partial charge in [0.2, 0.25) is 0 Å². The van der Waals surface area contributed by atoms with E-state index in [9.17, 15) is 9.59 Å². The van der Waals surface area contributed by atoms with E-state index in [0.29, 0.717) is 24.4 Å².